The Morgan fingerprint density at radius 2 is 1.76 bits per heavy atom. The fourth-order valence-electron chi connectivity index (χ4n) is 2.25. The van der Waals surface area contributed by atoms with Crippen LogP contribution in [-0.2, 0) is 4.79 Å². The molecule has 2 aromatic carbocycles. The van der Waals surface area contributed by atoms with Gasteiger partial charge in [-0.25, -0.2) is 4.31 Å². The number of carbonyl (C=O) groups excluding carboxylic acids is 1. The van der Waals surface area contributed by atoms with Crippen molar-refractivity contribution < 1.29 is 4.79 Å². The number of benzene rings is 2. The zero-order chi connectivity index (χ0) is 14.7. The first-order chi connectivity index (χ1) is 10.2. The van der Waals surface area contributed by atoms with E-state index in [1.807, 2.05) is 18.2 Å². The normalized spacial score (nSPS) is 18.8. The van der Waals surface area contributed by atoms with E-state index in [1.54, 1.807) is 23.7 Å². The van der Waals surface area contributed by atoms with Crippen LogP contribution in [-0.4, -0.2) is 27.9 Å². The highest BCUT2D eigenvalue weighted by atomic mass is 32.2. The van der Waals surface area contributed by atoms with E-state index in [4.69, 9.17) is 5.73 Å². The molecule has 1 unspecified atom stereocenters. The second kappa shape index (κ2) is 6.56. The maximum Gasteiger partial charge on any atom is 0.246 e. The Labute approximate surface area is 133 Å². The number of carbonyl (C=O) groups is 1. The maximum atomic E-state index is 11.4. The first kappa shape index (κ1) is 14.5. The Hall–Kier alpha value is -1.43. The summed E-state index contributed by atoms with van der Waals surface area (Å²) < 4.78 is 2.06. The largest absolute Gasteiger partial charge is 0.368 e. The number of nitrogens with zero attached hydrogens (tertiary/aromatic N) is 1. The number of rotatable bonds is 4. The molecule has 0 bridgehead atoms. The summed E-state index contributed by atoms with van der Waals surface area (Å²) in [7, 11) is 0. The van der Waals surface area contributed by atoms with Gasteiger partial charge in [-0.15, -0.1) is 11.8 Å². The summed E-state index contributed by atoms with van der Waals surface area (Å²) in [6.45, 7) is 0.878. The van der Waals surface area contributed by atoms with Crippen LogP contribution in [0.4, 0.5) is 0 Å². The maximum absolute atomic E-state index is 11.4. The molecule has 3 nitrogen and oxygen atoms in total. The Morgan fingerprint density at radius 1 is 1.10 bits per heavy atom. The zero-order valence-corrected chi connectivity index (χ0v) is 13.1. The lowest BCUT2D eigenvalue weighted by Gasteiger charge is -2.19. The molecular formula is C16H16N2OS2. The summed E-state index contributed by atoms with van der Waals surface area (Å²) >= 11 is 3.21. The minimum atomic E-state index is -0.258. The fourth-order valence-corrected chi connectivity index (χ4v) is 4.55. The molecule has 1 fully saturated rings. The second-order valence-corrected chi connectivity index (χ2v) is 7.06. The van der Waals surface area contributed by atoms with Crippen molar-refractivity contribution >= 4 is 29.6 Å². The van der Waals surface area contributed by atoms with Crippen LogP contribution < -0.4 is 5.73 Å². The standard InChI is InChI=1S/C16H16N2OS2/c17-15(19)16-18(10-11-20-16)21-14-8-6-13(7-9-14)12-4-2-1-3-5-12/h1-9,16H,10-11H2,(H2,17,19). The molecule has 1 amide bonds. The highest BCUT2D eigenvalue weighted by Crippen LogP contribution is 2.34. The van der Waals surface area contributed by atoms with Crippen molar-refractivity contribution in [3.05, 3.63) is 54.6 Å². The summed E-state index contributed by atoms with van der Waals surface area (Å²) in [4.78, 5) is 12.5. The second-order valence-electron chi connectivity index (χ2n) is 4.75. The number of nitrogens with two attached hydrogens (primary N) is 1. The van der Waals surface area contributed by atoms with Crippen molar-refractivity contribution in [1.82, 2.24) is 4.31 Å². The minimum absolute atomic E-state index is 0.219. The van der Waals surface area contributed by atoms with E-state index in [-0.39, 0.29) is 11.3 Å². The quantitative estimate of drug-likeness (QED) is 0.880. The van der Waals surface area contributed by atoms with Gasteiger partial charge in [-0.1, -0.05) is 42.5 Å². The molecular weight excluding hydrogens is 300 g/mol. The van der Waals surface area contributed by atoms with E-state index in [0.717, 1.165) is 17.2 Å². The summed E-state index contributed by atoms with van der Waals surface area (Å²) in [5, 5.41) is -0.219. The third-order valence-electron chi connectivity index (χ3n) is 3.28. The van der Waals surface area contributed by atoms with Gasteiger partial charge in [0, 0.05) is 17.2 Å². The van der Waals surface area contributed by atoms with Crippen LogP contribution in [0.25, 0.3) is 11.1 Å². The van der Waals surface area contributed by atoms with Crippen LogP contribution in [0.1, 0.15) is 0 Å². The van der Waals surface area contributed by atoms with E-state index in [0.29, 0.717) is 0 Å². The van der Waals surface area contributed by atoms with Crippen molar-refractivity contribution in [2.24, 2.45) is 5.73 Å². The summed E-state index contributed by atoms with van der Waals surface area (Å²) in [6, 6.07) is 18.7. The van der Waals surface area contributed by atoms with Gasteiger partial charge in [-0.3, -0.25) is 4.79 Å². The molecule has 0 radical (unpaired) electrons. The van der Waals surface area contributed by atoms with Gasteiger partial charge in [0.2, 0.25) is 5.91 Å². The van der Waals surface area contributed by atoms with E-state index >= 15 is 0 Å². The van der Waals surface area contributed by atoms with E-state index < -0.39 is 0 Å². The average Bonchev–Trinajstić information content (AvgIpc) is 2.97. The molecule has 2 N–H and O–H groups in total. The molecule has 1 saturated heterocycles. The zero-order valence-electron chi connectivity index (χ0n) is 11.4. The van der Waals surface area contributed by atoms with Crippen molar-refractivity contribution in [3.63, 3.8) is 0 Å². The van der Waals surface area contributed by atoms with Gasteiger partial charge in [-0.05, 0) is 35.2 Å². The molecule has 1 aliphatic heterocycles. The summed E-state index contributed by atoms with van der Waals surface area (Å²) in [5.41, 5.74) is 7.83. The lowest BCUT2D eigenvalue weighted by Crippen LogP contribution is -2.34. The monoisotopic (exact) mass is 316 g/mol. The molecule has 1 aliphatic rings. The van der Waals surface area contributed by atoms with Crippen molar-refractivity contribution in [2.45, 2.75) is 10.3 Å². The smallest absolute Gasteiger partial charge is 0.246 e. The van der Waals surface area contributed by atoms with Crippen molar-refractivity contribution in [3.8, 4) is 11.1 Å². The third-order valence-corrected chi connectivity index (χ3v) is 5.74. The topological polar surface area (TPSA) is 46.3 Å². The van der Waals surface area contributed by atoms with Gasteiger partial charge < -0.3 is 5.73 Å². The predicted molar refractivity (Wildman–Crippen MR) is 89.9 cm³/mol. The number of primary amides is 1. The van der Waals surface area contributed by atoms with Crippen LogP contribution in [0.3, 0.4) is 0 Å². The van der Waals surface area contributed by atoms with Gasteiger partial charge in [-0.2, -0.15) is 0 Å². The van der Waals surface area contributed by atoms with Crippen LogP contribution in [0.15, 0.2) is 59.5 Å². The molecule has 1 heterocycles. The first-order valence-electron chi connectivity index (χ1n) is 6.75. The Balaban J connectivity index is 1.72. The first-order valence-corrected chi connectivity index (χ1v) is 8.57. The van der Waals surface area contributed by atoms with E-state index in [2.05, 4.69) is 40.7 Å². The number of thioether (sulfide) groups is 1. The summed E-state index contributed by atoms with van der Waals surface area (Å²) in [5.74, 6) is 0.689. The molecule has 0 spiro atoms. The number of hydrogen-bond donors (Lipinski definition) is 1. The molecule has 3 rings (SSSR count). The Bertz CT molecular complexity index is 616. The average molecular weight is 316 g/mol. The van der Waals surface area contributed by atoms with Crippen molar-refractivity contribution in [1.29, 1.82) is 0 Å². The number of hydrogen-bond acceptors (Lipinski definition) is 4. The van der Waals surface area contributed by atoms with Gasteiger partial charge >= 0.3 is 0 Å². The molecule has 0 saturated carbocycles. The molecule has 2 aromatic rings. The lowest BCUT2D eigenvalue weighted by atomic mass is 10.1. The van der Waals surface area contributed by atoms with Gasteiger partial charge in [0.1, 0.15) is 5.37 Å². The fraction of sp³-hybridized carbons (Fsp3) is 0.188. The minimum Gasteiger partial charge on any atom is -0.368 e. The van der Waals surface area contributed by atoms with Crippen LogP contribution >= 0.6 is 23.7 Å². The van der Waals surface area contributed by atoms with Gasteiger partial charge in [0.15, 0.2) is 0 Å². The number of amides is 1. The Kier molecular flexibility index (Phi) is 4.53. The van der Waals surface area contributed by atoms with E-state index in [9.17, 15) is 4.79 Å². The van der Waals surface area contributed by atoms with Gasteiger partial charge in [0.05, 0.1) is 0 Å². The third kappa shape index (κ3) is 3.43. The molecule has 21 heavy (non-hydrogen) atoms. The molecule has 5 heteroatoms. The summed E-state index contributed by atoms with van der Waals surface area (Å²) in [6.07, 6.45) is 0. The lowest BCUT2D eigenvalue weighted by molar-refractivity contribution is -0.118. The molecule has 1 atom stereocenters. The Morgan fingerprint density at radius 3 is 2.43 bits per heavy atom. The molecule has 0 aromatic heterocycles. The SMILES string of the molecule is NC(=O)C1SCCN1Sc1ccc(-c2ccccc2)cc1. The van der Waals surface area contributed by atoms with Crippen LogP contribution in [0, 0.1) is 0 Å². The van der Waals surface area contributed by atoms with Crippen LogP contribution in [0.5, 0.6) is 0 Å². The van der Waals surface area contributed by atoms with Crippen molar-refractivity contribution in [2.75, 3.05) is 12.3 Å². The van der Waals surface area contributed by atoms with E-state index in [1.165, 1.54) is 11.1 Å². The highest BCUT2D eigenvalue weighted by molar-refractivity contribution is 8.03. The van der Waals surface area contributed by atoms with Crippen LogP contribution in [0.2, 0.25) is 0 Å². The predicted octanol–water partition coefficient (Wildman–Crippen LogP) is 3.22. The molecule has 108 valence electrons. The highest BCUT2D eigenvalue weighted by Gasteiger charge is 2.30. The van der Waals surface area contributed by atoms with Gasteiger partial charge in [0.25, 0.3) is 0 Å². The molecule has 0 aliphatic carbocycles.